The molecule has 0 fully saturated rings. The van der Waals surface area contributed by atoms with Crippen molar-refractivity contribution in [2.24, 2.45) is 0 Å². The number of carbonyl (C=O) groups excluding carboxylic acids is 1. The van der Waals surface area contributed by atoms with E-state index in [2.05, 4.69) is 10.4 Å². The minimum atomic E-state index is -0.237. The van der Waals surface area contributed by atoms with Crippen molar-refractivity contribution in [3.63, 3.8) is 0 Å². The van der Waals surface area contributed by atoms with E-state index in [1.165, 1.54) is 0 Å². The summed E-state index contributed by atoms with van der Waals surface area (Å²) >= 11 is 0. The van der Waals surface area contributed by atoms with E-state index in [0.29, 0.717) is 18.1 Å². The summed E-state index contributed by atoms with van der Waals surface area (Å²) in [6, 6.07) is 10.7. The maximum Gasteiger partial charge on any atom is 0.286 e. The summed E-state index contributed by atoms with van der Waals surface area (Å²) in [7, 11) is 1.60. The van der Waals surface area contributed by atoms with Crippen LogP contribution < -0.4 is 14.8 Å². The van der Waals surface area contributed by atoms with Gasteiger partial charge in [-0.1, -0.05) is 6.07 Å². The van der Waals surface area contributed by atoms with E-state index >= 15 is 0 Å². The Bertz CT molecular complexity index is 885. The Kier molecular flexibility index (Phi) is 6.14. The average Bonchev–Trinajstić information content (AvgIpc) is 3.32. The molecule has 0 saturated heterocycles. The molecule has 0 unspecified atom stereocenters. The molecule has 2 heterocycles. The van der Waals surface area contributed by atoms with Gasteiger partial charge in [0.25, 0.3) is 5.91 Å². The van der Waals surface area contributed by atoms with Gasteiger partial charge in [-0.15, -0.1) is 0 Å². The van der Waals surface area contributed by atoms with E-state index in [4.69, 9.17) is 13.9 Å². The Morgan fingerprint density at radius 3 is 2.89 bits per heavy atom. The molecule has 7 nitrogen and oxygen atoms in total. The number of ether oxygens (including phenoxy) is 2. The van der Waals surface area contributed by atoms with Crippen LogP contribution in [0.1, 0.15) is 28.3 Å². The van der Waals surface area contributed by atoms with Crippen molar-refractivity contribution in [2.45, 2.75) is 26.5 Å². The van der Waals surface area contributed by atoms with Crippen molar-refractivity contribution >= 4 is 5.91 Å². The van der Waals surface area contributed by atoms with Gasteiger partial charge in [-0.2, -0.15) is 5.10 Å². The number of nitrogens with one attached hydrogen (secondary N) is 1. The molecular formula is C20H23N3O4. The normalized spacial score (nSPS) is 10.6. The monoisotopic (exact) mass is 369 g/mol. The van der Waals surface area contributed by atoms with Gasteiger partial charge >= 0.3 is 0 Å². The smallest absolute Gasteiger partial charge is 0.286 e. The summed E-state index contributed by atoms with van der Waals surface area (Å²) in [4.78, 5) is 12.1. The van der Waals surface area contributed by atoms with E-state index in [1.54, 1.807) is 25.3 Å². The molecule has 0 atom stereocenters. The SMILES string of the molecule is COc1cccc(OCc2ccc(C(=O)NCCCn3cc(C)cn3)o2)c1. The highest BCUT2D eigenvalue weighted by molar-refractivity contribution is 5.91. The first kappa shape index (κ1) is 18.6. The number of aromatic nitrogens is 2. The number of furan rings is 1. The van der Waals surface area contributed by atoms with E-state index in [1.807, 2.05) is 42.2 Å². The summed E-state index contributed by atoms with van der Waals surface area (Å²) in [5.41, 5.74) is 1.12. The molecule has 0 radical (unpaired) electrons. The number of hydrogen-bond acceptors (Lipinski definition) is 5. The Labute approximate surface area is 157 Å². The lowest BCUT2D eigenvalue weighted by molar-refractivity contribution is 0.0921. The largest absolute Gasteiger partial charge is 0.497 e. The Hall–Kier alpha value is -3.22. The van der Waals surface area contributed by atoms with Crippen LogP contribution in [0.15, 0.2) is 53.2 Å². The highest BCUT2D eigenvalue weighted by Gasteiger charge is 2.11. The highest BCUT2D eigenvalue weighted by Crippen LogP contribution is 2.20. The van der Waals surface area contributed by atoms with E-state index in [-0.39, 0.29) is 18.3 Å². The Morgan fingerprint density at radius 1 is 1.26 bits per heavy atom. The fourth-order valence-corrected chi connectivity index (χ4v) is 2.54. The summed E-state index contributed by atoms with van der Waals surface area (Å²) in [5.74, 6) is 2.01. The summed E-state index contributed by atoms with van der Waals surface area (Å²) < 4.78 is 18.2. The van der Waals surface area contributed by atoms with Gasteiger partial charge in [0, 0.05) is 25.4 Å². The highest BCUT2D eigenvalue weighted by atomic mass is 16.5. The van der Waals surface area contributed by atoms with Crippen LogP contribution in [0, 0.1) is 6.92 Å². The van der Waals surface area contributed by atoms with Crippen LogP contribution in [0.3, 0.4) is 0 Å². The number of carbonyl (C=O) groups is 1. The second-order valence-corrected chi connectivity index (χ2v) is 6.12. The summed E-state index contributed by atoms with van der Waals surface area (Å²) in [5, 5.41) is 7.06. The van der Waals surface area contributed by atoms with Gasteiger partial charge in [-0.3, -0.25) is 9.48 Å². The number of methoxy groups -OCH3 is 1. The Balaban J connectivity index is 1.42. The average molecular weight is 369 g/mol. The van der Waals surface area contributed by atoms with Gasteiger partial charge in [-0.05, 0) is 43.2 Å². The minimum absolute atomic E-state index is 0.235. The first-order chi connectivity index (χ1) is 13.1. The lowest BCUT2D eigenvalue weighted by atomic mass is 10.3. The van der Waals surface area contributed by atoms with Crippen molar-refractivity contribution < 1.29 is 18.7 Å². The molecule has 1 aromatic carbocycles. The van der Waals surface area contributed by atoms with Gasteiger partial charge in [0.15, 0.2) is 5.76 Å². The van der Waals surface area contributed by atoms with Gasteiger partial charge in [0.2, 0.25) is 0 Å². The molecule has 1 N–H and O–H groups in total. The molecule has 7 heteroatoms. The summed E-state index contributed by atoms with van der Waals surface area (Å²) in [6.45, 7) is 3.54. The van der Waals surface area contributed by atoms with Gasteiger partial charge in [-0.25, -0.2) is 0 Å². The second kappa shape index (κ2) is 8.93. The molecule has 0 bridgehead atoms. The van der Waals surface area contributed by atoms with Crippen molar-refractivity contribution in [1.82, 2.24) is 15.1 Å². The van der Waals surface area contributed by atoms with E-state index in [0.717, 1.165) is 24.3 Å². The van der Waals surface area contributed by atoms with Crippen molar-refractivity contribution in [3.8, 4) is 11.5 Å². The van der Waals surface area contributed by atoms with Crippen molar-refractivity contribution in [3.05, 3.63) is 65.9 Å². The fourth-order valence-electron chi connectivity index (χ4n) is 2.54. The van der Waals surface area contributed by atoms with Crippen LogP contribution in [0.5, 0.6) is 11.5 Å². The molecule has 0 spiro atoms. The van der Waals surface area contributed by atoms with Gasteiger partial charge in [0.05, 0.1) is 13.3 Å². The number of aryl methyl sites for hydroxylation is 2. The number of benzene rings is 1. The first-order valence-corrected chi connectivity index (χ1v) is 8.77. The second-order valence-electron chi connectivity index (χ2n) is 6.12. The fraction of sp³-hybridized carbons (Fsp3) is 0.300. The van der Waals surface area contributed by atoms with Crippen LogP contribution in [-0.4, -0.2) is 29.3 Å². The predicted molar refractivity (Wildman–Crippen MR) is 99.9 cm³/mol. The molecule has 0 saturated carbocycles. The molecular weight excluding hydrogens is 346 g/mol. The van der Waals surface area contributed by atoms with E-state index < -0.39 is 0 Å². The van der Waals surface area contributed by atoms with Crippen molar-refractivity contribution in [2.75, 3.05) is 13.7 Å². The zero-order valence-corrected chi connectivity index (χ0v) is 15.5. The topological polar surface area (TPSA) is 78.5 Å². The molecule has 3 rings (SSSR count). The lowest BCUT2D eigenvalue weighted by Crippen LogP contribution is -2.24. The maximum atomic E-state index is 12.1. The molecule has 1 amide bonds. The van der Waals surface area contributed by atoms with Gasteiger partial charge < -0.3 is 19.2 Å². The third-order valence-electron chi connectivity index (χ3n) is 3.92. The molecule has 142 valence electrons. The standard InChI is InChI=1S/C20H23N3O4/c1-15-12-22-23(13-15)10-4-9-21-20(24)19-8-7-18(27-19)14-26-17-6-3-5-16(11-17)25-2/h3,5-8,11-13H,4,9-10,14H2,1-2H3,(H,21,24). The molecule has 0 aliphatic rings. The van der Waals surface area contributed by atoms with Crippen LogP contribution in [0.4, 0.5) is 0 Å². The zero-order chi connectivity index (χ0) is 19.1. The molecule has 2 aromatic heterocycles. The molecule has 0 aliphatic carbocycles. The molecule has 0 aliphatic heterocycles. The number of nitrogens with zero attached hydrogens (tertiary/aromatic N) is 2. The van der Waals surface area contributed by atoms with Crippen LogP contribution in [0.25, 0.3) is 0 Å². The van der Waals surface area contributed by atoms with Crippen LogP contribution >= 0.6 is 0 Å². The number of amides is 1. The summed E-state index contributed by atoms with van der Waals surface area (Å²) in [6.07, 6.45) is 4.58. The number of rotatable bonds is 9. The quantitative estimate of drug-likeness (QED) is 0.586. The third kappa shape index (κ3) is 5.37. The third-order valence-corrected chi connectivity index (χ3v) is 3.92. The first-order valence-electron chi connectivity index (χ1n) is 8.77. The Morgan fingerprint density at radius 2 is 2.11 bits per heavy atom. The van der Waals surface area contributed by atoms with Crippen molar-refractivity contribution in [1.29, 1.82) is 0 Å². The lowest BCUT2D eigenvalue weighted by Gasteiger charge is -2.06. The maximum absolute atomic E-state index is 12.1. The van der Waals surface area contributed by atoms with Crippen LogP contribution in [-0.2, 0) is 13.2 Å². The zero-order valence-electron chi connectivity index (χ0n) is 15.5. The predicted octanol–water partition coefficient (Wildman–Crippen LogP) is 3.19. The molecule has 27 heavy (non-hydrogen) atoms. The van der Waals surface area contributed by atoms with Gasteiger partial charge in [0.1, 0.15) is 23.9 Å². The minimum Gasteiger partial charge on any atom is -0.497 e. The van der Waals surface area contributed by atoms with E-state index in [9.17, 15) is 4.79 Å². The van der Waals surface area contributed by atoms with Crippen LogP contribution in [0.2, 0.25) is 0 Å². The molecule has 3 aromatic rings. The number of hydrogen-bond donors (Lipinski definition) is 1.